The minimum absolute atomic E-state index is 0.0208. The Morgan fingerprint density at radius 1 is 1.25 bits per heavy atom. The van der Waals surface area contributed by atoms with Gasteiger partial charge in [-0.2, -0.15) is 0 Å². The molecule has 0 unspecified atom stereocenters. The topological polar surface area (TPSA) is 79.3 Å². The molecular weight excluding hydrogens is 386 g/mol. The van der Waals surface area contributed by atoms with Crippen molar-refractivity contribution in [3.05, 3.63) is 63.9 Å². The van der Waals surface area contributed by atoms with E-state index in [1.54, 1.807) is 18.3 Å². The van der Waals surface area contributed by atoms with E-state index in [1.165, 1.54) is 0 Å². The molecule has 0 bridgehead atoms. The van der Waals surface area contributed by atoms with Crippen LogP contribution in [0.1, 0.15) is 11.1 Å². The highest BCUT2D eigenvalue weighted by atomic mass is 79.9. The molecule has 1 aromatic heterocycles. The van der Waals surface area contributed by atoms with Gasteiger partial charge in [0.1, 0.15) is 22.3 Å². The van der Waals surface area contributed by atoms with Gasteiger partial charge in [-0.1, -0.05) is 6.07 Å². The first-order chi connectivity index (χ1) is 11.3. The van der Waals surface area contributed by atoms with Gasteiger partial charge in [-0.3, -0.25) is 4.79 Å². The summed E-state index contributed by atoms with van der Waals surface area (Å²) in [5.41, 5.74) is 0.735. The van der Waals surface area contributed by atoms with Crippen LogP contribution in [0.2, 0.25) is 0 Å². The molecule has 2 rings (SSSR count). The maximum Gasteiger partial charge on any atom is 0.326 e. The number of nitrogens with one attached hydrogen (secondary N) is 1. The minimum Gasteiger partial charge on any atom is -0.480 e. The lowest BCUT2D eigenvalue weighted by Crippen LogP contribution is -2.43. The zero-order valence-corrected chi connectivity index (χ0v) is 13.9. The van der Waals surface area contributed by atoms with Crippen LogP contribution in [0.3, 0.4) is 0 Å². The third kappa shape index (κ3) is 5.09. The second kappa shape index (κ2) is 7.96. The molecular formula is C16H13BrF2N2O3. The molecule has 24 heavy (non-hydrogen) atoms. The van der Waals surface area contributed by atoms with Gasteiger partial charge in [0.25, 0.3) is 0 Å². The Morgan fingerprint density at radius 2 is 1.92 bits per heavy atom. The number of aromatic nitrogens is 1. The summed E-state index contributed by atoms with van der Waals surface area (Å²) < 4.78 is 26.7. The van der Waals surface area contributed by atoms with Crippen molar-refractivity contribution in [1.82, 2.24) is 10.3 Å². The van der Waals surface area contributed by atoms with Gasteiger partial charge in [0, 0.05) is 18.7 Å². The van der Waals surface area contributed by atoms with Crippen LogP contribution in [-0.2, 0) is 22.4 Å². The highest BCUT2D eigenvalue weighted by molar-refractivity contribution is 9.10. The molecule has 0 aliphatic heterocycles. The smallest absolute Gasteiger partial charge is 0.326 e. The number of pyridine rings is 1. The Kier molecular flexibility index (Phi) is 5.97. The fourth-order valence-corrected chi connectivity index (χ4v) is 2.55. The standard InChI is InChI=1S/C16H13BrF2N2O3/c17-15-10(2-1-3-20-15)7-13(16(23)24)21-14(22)6-9-4-11(18)8-12(19)5-9/h1-5,8,13H,6-7H2,(H,21,22)(H,23,24)/t13-/m1/s1. The molecule has 1 heterocycles. The van der Waals surface area contributed by atoms with Gasteiger partial charge in [0.15, 0.2) is 0 Å². The zero-order chi connectivity index (χ0) is 17.7. The van der Waals surface area contributed by atoms with E-state index in [1.807, 2.05) is 0 Å². The molecule has 0 saturated carbocycles. The van der Waals surface area contributed by atoms with Gasteiger partial charge < -0.3 is 10.4 Å². The molecule has 0 aliphatic rings. The number of carbonyl (C=O) groups excluding carboxylic acids is 1. The number of hydrogen-bond acceptors (Lipinski definition) is 3. The van der Waals surface area contributed by atoms with E-state index >= 15 is 0 Å². The molecule has 1 amide bonds. The van der Waals surface area contributed by atoms with Crippen molar-refractivity contribution in [3.63, 3.8) is 0 Å². The van der Waals surface area contributed by atoms with Crippen LogP contribution in [0.25, 0.3) is 0 Å². The maximum absolute atomic E-state index is 13.1. The summed E-state index contributed by atoms with van der Waals surface area (Å²) in [6.45, 7) is 0. The van der Waals surface area contributed by atoms with Gasteiger partial charge in [-0.05, 0) is 45.3 Å². The fraction of sp³-hybridized carbons (Fsp3) is 0.188. The van der Waals surface area contributed by atoms with Crippen LogP contribution in [0, 0.1) is 11.6 Å². The number of hydrogen-bond donors (Lipinski definition) is 2. The Hall–Kier alpha value is -2.35. The zero-order valence-electron chi connectivity index (χ0n) is 12.3. The highest BCUT2D eigenvalue weighted by Crippen LogP contribution is 2.15. The number of carboxylic acid groups (broad SMARTS) is 1. The summed E-state index contributed by atoms with van der Waals surface area (Å²) in [6, 6.07) is 4.89. The number of carbonyl (C=O) groups is 2. The van der Waals surface area contributed by atoms with Crippen molar-refractivity contribution in [2.75, 3.05) is 0 Å². The molecule has 1 atom stereocenters. The van der Waals surface area contributed by atoms with Gasteiger partial charge in [0.05, 0.1) is 6.42 Å². The van der Waals surface area contributed by atoms with Crippen LogP contribution >= 0.6 is 15.9 Å². The van der Waals surface area contributed by atoms with Crippen molar-refractivity contribution in [3.8, 4) is 0 Å². The molecule has 0 spiro atoms. The number of amides is 1. The van der Waals surface area contributed by atoms with Crippen LogP contribution in [-0.4, -0.2) is 28.0 Å². The molecule has 0 fully saturated rings. The number of benzene rings is 1. The molecule has 0 radical (unpaired) electrons. The summed E-state index contributed by atoms with van der Waals surface area (Å²) in [5, 5.41) is 11.6. The third-order valence-electron chi connectivity index (χ3n) is 3.18. The third-order valence-corrected chi connectivity index (χ3v) is 3.89. The second-order valence-electron chi connectivity index (χ2n) is 5.07. The summed E-state index contributed by atoms with van der Waals surface area (Å²) in [4.78, 5) is 27.3. The van der Waals surface area contributed by atoms with Crippen molar-refractivity contribution in [2.45, 2.75) is 18.9 Å². The molecule has 8 heteroatoms. The molecule has 2 N–H and O–H groups in total. The van der Waals surface area contributed by atoms with E-state index in [9.17, 15) is 23.5 Å². The normalized spacial score (nSPS) is 11.8. The lowest BCUT2D eigenvalue weighted by Gasteiger charge is -2.15. The van der Waals surface area contributed by atoms with Gasteiger partial charge in [-0.25, -0.2) is 18.6 Å². The van der Waals surface area contributed by atoms with Gasteiger partial charge in [-0.15, -0.1) is 0 Å². The highest BCUT2D eigenvalue weighted by Gasteiger charge is 2.22. The number of aliphatic carboxylic acids is 1. The number of nitrogens with zero attached hydrogens (tertiary/aromatic N) is 1. The molecule has 0 aliphatic carbocycles. The largest absolute Gasteiger partial charge is 0.480 e. The average molecular weight is 399 g/mol. The molecule has 126 valence electrons. The predicted molar refractivity (Wildman–Crippen MR) is 85.3 cm³/mol. The molecule has 5 nitrogen and oxygen atoms in total. The van der Waals surface area contributed by atoms with E-state index in [2.05, 4.69) is 26.2 Å². The Bertz CT molecular complexity index is 750. The van der Waals surface area contributed by atoms with E-state index in [4.69, 9.17) is 0 Å². The second-order valence-corrected chi connectivity index (χ2v) is 5.82. The lowest BCUT2D eigenvalue weighted by molar-refractivity contribution is -0.141. The Balaban J connectivity index is 2.06. The van der Waals surface area contributed by atoms with E-state index < -0.39 is 29.6 Å². The van der Waals surface area contributed by atoms with E-state index in [-0.39, 0.29) is 18.4 Å². The quantitative estimate of drug-likeness (QED) is 0.732. The van der Waals surface area contributed by atoms with Gasteiger partial charge >= 0.3 is 5.97 Å². The number of carboxylic acids is 1. The first kappa shape index (κ1) is 18.0. The first-order valence-corrected chi connectivity index (χ1v) is 7.71. The monoisotopic (exact) mass is 398 g/mol. The number of rotatable bonds is 6. The fourth-order valence-electron chi connectivity index (χ4n) is 2.14. The minimum atomic E-state index is -1.22. The SMILES string of the molecule is O=C(Cc1cc(F)cc(F)c1)N[C@H](Cc1cccnc1Br)C(=O)O. The van der Waals surface area contributed by atoms with E-state index in [0.717, 1.165) is 12.1 Å². The van der Waals surface area contributed by atoms with Crippen LogP contribution in [0.4, 0.5) is 8.78 Å². The Labute approximate surface area is 144 Å². The summed E-state index contributed by atoms with van der Waals surface area (Å²) in [7, 11) is 0. The van der Waals surface area contributed by atoms with Crippen molar-refractivity contribution in [2.24, 2.45) is 0 Å². The number of halogens is 3. The van der Waals surface area contributed by atoms with Crippen molar-refractivity contribution in [1.29, 1.82) is 0 Å². The average Bonchev–Trinajstić information content (AvgIpc) is 2.47. The first-order valence-electron chi connectivity index (χ1n) is 6.91. The predicted octanol–water partition coefficient (Wildman–Crippen LogP) is 2.48. The van der Waals surface area contributed by atoms with Gasteiger partial charge in [0.2, 0.25) is 5.91 Å². The summed E-state index contributed by atoms with van der Waals surface area (Å²) in [6.07, 6.45) is 1.24. The van der Waals surface area contributed by atoms with Crippen LogP contribution in [0.15, 0.2) is 41.1 Å². The molecule has 0 saturated heterocycles. The summed E-state index contributed by atoms with van der Waals surface area (Å²) >= 11 is 3.21. The van der Waals surface area contributed by atoms with Crippen molar-refractivity contribution < 1.29 is 23.5 Å². The Morgan fingerprint density at radius 3 is 2.50 bits per heavy atom. The van der Waals surface area contributed by atoms with E-state index in [0.29, 0.717) is 16.2 Å². The maximum atomic E-state index is 13.1. The molecule has 2 aromatic rings. The lowest BCUT2D eigenvalue weighted by atomic mass is 10.1. The molecule has 1 aromatic carbocycles. The van der Waals surface area contributed by atoms with Crippen LogP contribution in [0.5, 0.6) is 0 Å². The van der Waals surface area contributed by atoms with Crippen molar-refractivity contribution >= 4 is 27.8 Å². The van der Waals surface area contributed by atoms with Crippen LogP contribution < -0.4 is 5.32 Å². The summed E-state index contributed by atoms with van der Waals surface area (Å²) in [5.74, 6) is -3.46.